The third-order valence-electron chi connectivity index (χ3n) is 12.5. The van der Waals surface area contributed by atoms with Crippen LogP contribution in [0.5, 0.6) is 0 Å². The number of rotatable bonds is 7. The van der Waals surface area contributed by atoms with Gasteiger partial charge in [0, 0.05) is 43.9 Å². The fourth-order valence-electron chi connectivity index (χ4n) is 9.88. The zero-order chi connectivity index (χ0) is 43.2. The van der Waals surface area contributed by atoms with Crippen LogP contribution in [-0.4, -0.2) is 21.5 Å². The van der Waals surface area contributed by atoms with Gasteiger partial charge in [-0.2, -0.15) is 35.3 Å². The molecule has 0 fully saturated rings. The van der Waals surface area contributed by atoms with Crippen molar-refractivity contribution in [1.82, 2.24) is 9.55 Å². The third-order valence-corrected chi connectivity index (χ3v) is 12.5. The predicted octanol–water partition coefficient (Wildman–Crippen LogP) is 13.5. The molecule has 0 saturated carbocycles. The Morgan fingerprint density at radius 1 is 0.623 bits per heavy atom. The van der Waals surface area contributed by atoms with E-state index in [1.807, 2.05) is 36.5 Å². The van der Waals surface area contributed by atoms with Crippen LogP contribution in [0.4, 0.5) is 17.1 Å². The fraction of sp³-hybridized carbons (Fsp3) is 0.145. The Balaban J connectivity index is 0.00000484. The minimum atomic E-state index is -2.47. The molecule has 302 valence electrons. The van der Waals surface area contributed by atoms with Gasteiger partial charge >= 0.3 is 0 Å². The molecule has 0 bridgehead atoms. The van der Waals surface area contributed by atoms with Crippen molar-refractivity contribution in [3.8, 4) is 28.1 Å². The van der Waals surface area contributed by atoms with Crippen molar-refractivity contribution in [3.63, 3.8) is 0 Å². The Hall–Kier alpha value is -6.26. The number of para-hydroxylation sites is 3. The standard InChI is InChI=1S/C55H44N4O.Pt/c1-35(2)41-21-15-22-42(36(3)4)54(41)37-30-31-56-53(32-37)58-49-25-11-8-20-45(49)46-29-28-39(34-52(46)58)55(47-23-9-6-18-43(47)44-19-7-10-24-48(44)55)38-16-14-17-40(33-38)59-51-27-13-12-26-50(51)57(5)60-59;/h6-32,35-36H,1-5H3;/q-2;/p+1/i5D3;. The number of anilines is 3. The van der Waals surface area contributed by atoms with Gasteiger partial charge in [-0.3, -0.25) is 0 Å². The van der Waals surface area contributed by atoms with Crippen LogP contribution >= 0.6 is 0 Å². The summed E-state index contributed by atoms with van der Waals surface area (Å²) in [6.45, 7) is 6.59. The van der Waals surface area contributed by atoms with Crippen molar-refractivity contribution in [2.75, 3.05) is 17.1 Å². The van der Waals surface area contributed by atoms with Gasteiger partial charge in [-0.05, 0) is 92.1 Å². The van der Waals surface area contributed by atoms with Gasteiger partial charge in [-0.1, -0.05) is 130 Å². The largest absolute Gasteiger partial charge is 0.319 e. The summed E-state index contributed by atoms with van der Waals surface area (Å²) in [7, 11) is 0. The van der Waals surface area contributed by atoms with Crippen LogP contribution < -0.4 is 10.1 Å². The molecule has 3 heterocycles. The van der Waals surface area contributed by atoms with E-state index in [9.17, 15) is 0 Å². The Morgan fingerprint density at radius 3 is 1.98 bits per heavy atom. The molecule has 6 heteroatoms. The zero-order valence-corrected chi connectivity index (χ0v) is 36.6. The topological polar surface area (TPSA) is 37.1 Å². The van der Waals surface area contributed by atoms with Crippen LogP contribution in [0.1, 0.15) is 77.0 Å². The van der Waals surface area contributed by atoms with Crippen molar-refractivity contribution in [3.05, 3.63) is 209 Å². The average Bonchev–Trinajstić information content (AvgIpc) is 3.96. The number of hydroxylamine groups is 1. The second-order valence-electron chi connectivity index (χ2n) is 16.5. The molecule has 1 N–H and O–H groups in total. The second kappa shape index (κ2) is 15.0. The summed E-state index contributed by atoms with van der Waals surface area (Å²) in [5.74, 6) is 1.51. The van der Waals surface area contributed by atoms with E-state index in [0.717, 1.165) is 71.6 Å². The molecule has 2 aromatic heterocycles. The number of hydrogen-bond acceptors (Lipinski definition) is 3. The fourth-order valence-corrected chi connectivity index (χ4v) is 9.88. The Bertz CT molecular complexity index is 3190. The zero-order valence-electron chi connectivity index (χ0n) is 37.3. The molecular formula is C55H45N4OPt-. The monoisotopic (exact) mass is 975 g/mol. The summed E-state index contributed by atoms with van der Waals surface area (Å²) in [5.41, 5.74) is 14.4. The van der Waals surface area contributed by atoms with E-state index in [-0.39, 0.29) is 21.1 Å². The van der Waals surface area contributed by atoms with Gasteiger partial charge < -0.3 is 4.57 Å². The molecule has 9 aromatic rings. The molecule has 0 spiro atoms. The number of pyridine rings is 1. The number of fused-ring (bicyclic) bond motifs is 7. The molecule has 0 saturated heterocycles. The minimum absolute atomic E-state index is 0. The Morgan fingerprint density at radius 2 is 1.26 bits per heavy atom. The van der Waals surface area contributed by atoms with E-state index >= 15 is 0 Å². The van der Waals surface area contributed by atoms with Crippen molar-refractivity contribution >= 4 is 38.9 Å². The van der Waals surface area contributed by atoms with Gasteiger partial charge in [0.2, 0.25) is 0 Å². The summed E-state index contributed by atoms with van der Waals surface area (Å²) < 4.78 is 27.2. The molecular weight excluding hydrogens is 928 g/mol. The number of nitrogens with zero attached hydrogens (tertiary/aromatic N) is 4. The first kappa shape index (κ1) is 35.5. The molecule has 61 heavy (non-hydrogen) atoms. The van der Waals surface area contributed by atoms with Crippen molar-refractivity contribution in [1.29, 1.82) is 0 Å². The first-order valence-electron chi connectivity index (χ1n) is 22.2. The third kappa shape index (κ3) is 5.86. The van der Waals surface area contributed by atoms with Gasteiger partial charge in [0.25, 0.3) is 0 Å². The Kier molecular flexibility index (Phi) is 8.74. The summed E-state index contributed by atoms with van der Waals surface area (Å²) >= 11 is 0. The van der Waals surface area contributed by atoms with Crippen LogP contribution in [-0.2, 0) is 26.5 Å². The second-order valence-corrected chi connectivity index (χ2v) is 16.5. The normalized spacial score (nSPS) is 14.8. The van der Waals surface area contributed by atoms with E-state index < -0.39 is 12.4 Å². The van der Waals surface area contributed by atoms with Crippen molar-refractivity contribution in [2.24, 2.45) is 0 Å². The number of benzene rings is 7. The van der Waals surface area contributed by atoms with E-state index in [2.05, 4.69) is 171 Å². The Labute approximate surface area is 376 Å². The molecule has 0 radical (unpaired) electrons. The molecule has 5 nitrogen and oxygen atoms in total. The van der Waals surface area contributed by atoms with Crippen LogP contribution in [0.25, 0.3) is 49.9 Å². The molecule has 1 aliphatic heterocycles. The van der Waals surface area contributed by atoms with Crippen molar-refractivity contribution < 1.29 is 30.1 Å². The smallest absolute Gasteiger partial charge is 0.145 e. The quantitative estimate of drug-likeness (QED) is 0.118. The molecule has 11 rings (SSSR count). The molecule has 7 aromatic carbocycles. The average molecular weight is 976 g/mol. The van der Waals surface area contributed by atoms with E-state index in [1.165, 1.54) is 16.7 Å². The van der Waals surface area contributed by atoms with Gasteiger partial charge in [0.05, 0.1) is 11.1 Å². The van der Waals surface area contributed by atoms with Crippen LogP contribution in [0, 0.1) is 12.1 Å². The van der Waals surface area contributed by atoms with Crippen LogP contribution in [0.2, 0.25) is 0 Å². The van der Waals surface area contributed by atoms with Crippen LogP contribution in [0.3, 0.4) is 0 Å². The maximum atomic E-state index is 8.31. The predicted molar refractivity (Wildman–Crippen MR) is 246 cm³/mol. The van der Waals surface area contributed by atoms with Gasteiger partial charge in [0.15, 0.2) is 0 Å². The number of hydrogen-bond donors (Lipinski definition) is 0. The van der Waals surface area contributed by atoms with Crippen LogP contribution in [0.15, 0.2) is 164 Å². The van der Waals surface area contributed by atoms with E-state index in [4.69, 9.17) is 9.10 Å². The molecule has 0 atom stereocenters. The first-order chi connectivity index (χ1) is 30.6. The summed E-state index contributed by atoms with van der Waals surface area (Å²) in [6, 6.07) is 62.8. The molecule has 0 unspecified atom stereocenters. The molecule has 1 aliphatic carbocycles. The molecule has 2 aliphatic rings. The summed E-state index contributed by atoms with van der Waals surface area (Å²) in [6.07, 6.45) is 1.94. The first-order valence-corrected chi connectivity index (χ1v) is 20.7. The van der Waals surface area contributed by atoms with E-state index in [0.29, 0.717) is 28.9 Å². The SMILES string of the molecule is [2H]C([2H])([2H])N1[OH+]N(c2[c-]c(C3(c4[c-]c5c(cc4)c4ccccc4n5-c4cc(-c5c(C(C)C)cccc5C(C)C)ccn4)c4ccccc4-c4ccccc43)ccc2)c2ccccc21.[Pt]. The minimum Gasteiger partial charge on any atom is -0.319 e. The number of aromatic nitrogens is 2. The van der Waals surface area contributed by atoms with Crippen molar-refractivity contribution in [2.45, 2.75) is 44.9 Å². The maximum absolute atomic E-state index is 8.31. The summed E-state index contributed by atoms with van der Waals surface area (Å²) in [5, 5.41) is 5.01. The van der Waals surface area contributed by atoms with E-state index in [1.54, 1.807) is 11.1 Å². The van der Waals surface area contributed by atoms with Gasteiger partial charge in [-0.25, -0.2) is 4.98 Å². The molecule has 0 amide bonds. The van der Waals surface area contributed by atoms with Gasteiger partial charge in [0.1, 0.15) is 17.2 Å². The van der Waals surface area contributed by atoms with Gasteiger partial charge in [-0.15, -0.1) is 38.8 Å². The summed E-state index contributed by atoms with van der Waals surface area (Å²) in [4.78, 5) is 9.78. The maximum Gasteiger partial charge on any atom is 0.145 e.